The molecule has 1 amide bonds. The molecule has 0 spiro atoms. The van der Waals surface area contributed by atoms with Crippen LogP contribution in [0.2, 0.25) is 0 Å². The summed E-state index contributed by atoms with van der Waals surface area (Å²) in [6, 6.07) is 0. The van der Waals surface area contributed by atoms with Gasteiger partial charge in [0.2, 0.25) is 5.91 Å². The number of aliphatic hydroxyl groups excluding tert-OH is 1. The minimum Gasteiger partial charge on any atom is -0.396 e. The van der Waals surface area contributed by atoms with E-state index >= 15 is 0 Å². The van der Waals surface area contributed by atoms with Crippen molar-refractivity contribution in [1.29, 1.82) is 0 Å². The van der Waals surface area contributed by atoms with Crippen LogP contribution in [0.25, 0.3) is 0 Å². The van der Waals surface area contributed by atoms with Crippen LogP contribution in [0.3, 0.4) is 0 Å². The molecule has 0 fully saturated rings. The third-order valence-corrected chi connectivity index (χ3v) is 2.53. The fourth-order valence-corrected chi connectivity index (χ4v) is 1.68. The van der Waals surface area contributed by atoms with Gasteiger partial charge in [-0.1, -0.05) is 26.7 Å². The van der Waals surface area contributed by atoms with Crippen molar-refractivity contribution in [2.75, 3.05) is 6.61 Å². The normalized spacial score (nSPS) is 13.7. The van der Waals surface area contributed by atoms with Crippen molar-refractivity contribution in [3.8, 4) is 0 Å². The molecule has 0 aromatic heterocycles. The average Bonchev–Trinajstić information content (AvgIpc) is 2.01. The summed E-state index contributed by atoms with van der Waals surface area (Å²) in [5.41, 5.74) is -0.294. The lowest BCUT2D eigenvalue weighted by molar-refractivity contribution is -0.123. The first-order chi connectivity index (χ1) is 6.91. The lowest BCUT2D eigenvalue weighted by Gasteiger charge is -2.26. The molecular weight excluding hydrogens is 190 g/mol. The Labute approximate surface area is 93.3 Å². The molecule has 0 heterocycles. The van der Waals surface area contributed by atoms with Gasteiger partial charge in [0.05, 0.1) is 0 Å². The summed E-state index contributed by atoms with van der Waals surface area (Å²) in [7, 11) is 0. The molecule has 0 aromatic carbocycles. The smallest absolute Gasteiger partial charge is 0.220 e. The van der Waals surface area contributed by atoms with Crippen LogP contribution in [0.15, 0.2) is 0 Å². The summed E-state index contributed by atoms with van der Waals surface area (Å²) >= 11 is 0. The predicted octanol–water partition coefficient (Wildman–Crippen LogP) is 2.09. The molecule has 0 aliphatic rings. The van der Waals surface area contributed by atoms with E-state index in [1.807, 2.05) is 13.8 Å². The quantitative estimate of drug-likeness (QED) is 0.683. The SMILES string of the molecule is CCCC(C)CC(=O)NC(C)(C)CCO. The molecule has 0 saturated heterocycles. The topological polar surface area (TPSA) is 49.3 Å². The van der Waals surface area contributed by atoms with Crippen LogP contribution in [-0.4, -0.2) is 23.2 Å². The molecule has 0 aliphatic heterocycles. The second kappa shape index (κ2) is 6.83. The second-order valence-electron chi connectivity index (χ2n) is 5.00. The first-order valence-corrected chi connectivity index (χ1v) is 5.83. The lowest BCUT2D eigenvalue weighted by atomic mass is 9.98. The molecule has 0 rings (SSSR count). The van der Waals surface area contributed by atoms with Crippen molar-refractivity contribution in [2.24, 2.45) is 5.92 Å². The first-order valence-electron chi connectivity index (χ1n) is 5.83. The van der Waals surface area contributed by atoms with Gasteiger partial charge in [0.1, 0.15) is 0 Å². The molecule has 1 atom stereocenters. The largest absolute Gasteiger partial charge is 0.396 e. The third-order valence-electron chi connectivity index (χ3n) is 2.53. The molecule has 2 N–H and O–H groups in total. The predicted molar refractivity (Wildman–Crippen MR) is 62.6 cm³/mol. The van der Waals surface area contributed by atoms with E-state index in [1.165, 1.54) is 0 Å². The number of nitrogens with one attached hydrogen (secondary N) is 1. The number of carbonyl (C=O) groups is 1. The highest BCUT2D eigenvalue weighted by atomic mass is 16.3. The Kier molecular flexibility index (Phi) is 6.57. The van der Waals surface area contributed by atoms with Gasteiger partial charge in [-0.15, -0.1) is 0 Å². The van der Waals surface area contributed by atoms with Gasteiger partial charge in [0.25, 0.3) is 0 Å². The Bertz CT molecular complexity index is 190. The fraction of sp³-hybridized carbons (Fsp3) is 0.917. The number of aliphatic hydroxyl groups is 1. The van der Waals surface area contributed by atoms with Crippen molar-refractivity contribution in [1.82, 2.24) is 5.32 Å². The van der Waals surface area contributed by atoms with E-state index in [-0.39, 0.29) is 18.1 Å². The molecule has 0 radical (unpaired) electrons. The summed E-state index contributed by atoms with van der Waals surface area (Å²) in [6.07, 6.45) is 3.39. The lowest BCUT2D eigenvalue weighted by Crippen LogP contribution is -2.44. The van der Waals surface area contributed by atoms with Crippen LogP contribution in [0.5, 0.6) is 0 Å². The van der Waals surface area contributed by atoms with Gasteiger partial charge in [-0.3, -0.25) is 4.79 Å². The van der Waals surface area contributed by atoms with Crippen molar-refractivity contribution in [3.63, 3.8) is 0 Å². The van der Waals surface area contributed by atoms with Crippen LogP contribution in [0, 0.1) is 5.92 Å². The molecule has 0 aromatic rings. The van der Waals surface area contributed by atoms with Gasteiger partial charge in [-0.05, 0) is 26.2 Å². The zero-order valence-electron chi connectivity index (χ0n) is 10.5. The average molecular weight is 215 g/mol. The number of carbonyl (C=O) groups excluding carboxylic acids is 1. The minimum absolute atomic E-state index is 0.0920. The van der Waals surface area contributed by atoms with Crippen molar-refractivity contribution >= 4 is 5.91 Å². The summed E-state index contributed by atoms with van der Waals surface area (Å²) < 4.78 is 0. The number of hydrogen-bond donors (Lipinski definition) is 2. The highest BCUT2D eigenvalue weighted by molar-refractivity contribution is 5.76. The Morgan fingerprint density at radius 3 is 2.53 bits per heavy atom. The second-order valence-corrected chi connectivity index (χ2v) is 5.00. The first kappa shape index (κ1) is 14.4. The summed E-state index contributed by atoms with van der Waals surface area (Å²) in [5, 5.41) is 11.8. The van der Waals surface area contributed by atoms with Crippen LogP contribution < -0.4 is 5.32 Å². The standard InChI is InChI=1S/C12H25NO2/c1-5-6-10(2)9-11(15)13-12(3,4)7-8-14/h10,14H,5-9H2,1-4H3,(H,13,15). The van der Waals surface area contributed by atoms with E-state index in [4.69, 9.17) is 5.11 Å². The Balaban J connectivity index is 3.91. The van der Waals surface area contributed by atoms with Gasteiger partial charge in [-0.2, -0.15) is 0 Å². The third kappa shape index (κ3) is 7.37. The van der Waals surface area contributed by atoms with E-state index in [9.17, 15) is 4.79 Å². The molecule has 15 heavy (non-hydrogen) atoms. The highest BCUT2D eigenvalue weighted by Crippen LogP contribution is 2.12. The van der Waals surface area contributed by atoms with E-state index in [1.54, 1.807) is 0 Å². The van der Waals surface area contributed by atoms with Gasteiger partial charge in [0.15, 0.2) is 0 Å². The fourth-order valence-electron chi connectivity index (χ4n) is 1.68. The highest BCUT2D eigenvalue weighted by Gasteiger charge is 2.20. The summed E-state index contributed by atoms with van der Waals surface area (Å²) in [4.78, 5) is 11.6. The minimum atomic E-state index is -0.294. The number of rotatable bonds is 7. The van der Waals surface area contributed by atoms with Crippen molar-refractivity contribution in [2.45, 2.75) is 58.9 Å². The van der Waals surface area contributed by atoms with Gasteiger partial charge < -0.3 is 10.4 Å². The Morgan fingerprint density at radius 1 is 1.47 bits per heavy atom. The van der Waals surface area contributed by atoms with Gasteiger partial charge in [0, 0.05) is 18.6 Å². The molecule has 3 heteroatoms. The van der Waals surface area contributed by atoms with E-state index < -0.39 is 0 Å². The maximum Gasteiger partial charge on any atom is 0.220 e. The number of amides is 1. The van der Waals surface area contributed by atoms with E-state index in [0.717, 1.165) is 12.8 Å². The molecule has 90 valence electrons. The summed E-state index contributed by atoms with van der Waals surface area (Å²) in [5.74, 6) is 0.536. The van der Waals surface area contributed by atoms with Crippen LogP contribution in [-0.2, 0) is 4.79 Å². The zero-order chi connectivity index (χ0) is 11.9. The Morgan fingerprint density at radius 2 is 2.07 bits per heavy atom. The maximum absolute atomic E-state index is 11.6. The monoisotopic (exact) mass is 215 g/mol. The van der Waals surface area contributed by atoms with Crippen molar-refractivity contribution in [3.05, 3.63) is 0 Å². The van der Waals surface area contributed by atoms with E-state index in [0.29, 0.717) is 18.8 Å². The van der Waals surface area contributed by atoms with Gasteiger partial charge >= 0.3 is 0 Å². The molecule has 0 bridgehead atoms. The van der Waals surface area contributed by atoms with E-state index in [2.05, 4.69) is 19.2 Å². The van der Waals surface area contributed by atoms with Crippen molar-refractivity contribution < 1.29 is 9.90 Å². The molecule has 0 aliphatic carbocycles. The van der Waals surface area contributed by atoms with Crippen LogP contribution >= 0.6 is 0 Å². The molecule has 1 unspecified atom stereocenters. The van der Waals surface area contributed by atoms with Crippen LogP contribution in [0.1, 0.15) is 53.4 Å². The zero-order valence-corrected chi connectivity index (χ0v) is 10.5. The Hall–Kier alpha value is -0.570. The number of hydrogen-bond acceptors (Lipinski definition) is 2. The molecule has 0 saturated carbocycles. The van der Waals surface area contributed by atoms with Gasteiger partial charge in [-0.25, -0.2) is 0 Å². The summed E-state index contributed by atoms with van der Waals surface area (Å²) in [6.45, 7) is 8.21. The molecule has 3 nitrogen and oxygen atoms in total. The maximum atomic E-state index is 11.6. The van der Waals surface area contributed by atoms with Crippen LogP contribution in [0.4, 0.5) is 0 Å². The molecular formula is C12H25NO2.